The van der Waals surface area contributed by atoms with Crippen LogP contribution in [0.3, 0.4) is 0 Å². The summed E-state index contributed by atoms with van der Waals surface area (Å²) in [6.07, 6.45) is 1.05. The summed E-state index contributed by atoms with van der Waals surface area (Å²) in [4.78, 5) is 11.2. The molecule has 1 aliphatic heterocycles. The molecule has 1 unspecified atom stereocenters. The Hall–Kier alpha value is -2.33. The Morgan fingerprint density at radius 2 is 2.04 bits per heavy atom. The molecule has 1 fully saturated rings. The van der Waals surface area contributed by atoms with Crippen molar-refractivity contribution in [1.29, 1.82) is 0 Å². The Kier molecular flexibility index (Phi) is 4.63. The first-order valence-corrected chi connectivity index (χ1v) is 7.79. The third kappa shape index (κ3) is 3.54. The Labute approximate surface area is 135 Å². The molecule has 1 N–H and O–H groups in total. The van der Waals surface area contributed by atoms with Crippen molar-refractivity contribution in [1.82, 2.24) is 0 Å². The van der Waals surface area contributed by atoms with Crippen LogP contribution in [0.1, 0.15) is 22.3 Å². The minimum absolute atomic E-state index is 0.337. The highest BCUT2D eigenvalue weighted by atomic mass is 16.5. The second-order valence-corrected chi connectivity index (χ2v) is 5.85. The number of ether oxygens (including phenoxy) is 2. The van der Waals surface area contributed by atoms with E-state index in [0.29, 0.717) is 18.1 Å². The first kappa shape index (κ1) is 15.6. The van der Waals surface area contributed by atoms with Gasteiger partial charge < -0.3 is 14.6 Å². The van der Waals surface area contributed by atoms with E-state index >= 15 is 0 Å². The maximum absolute atomic E-state index is 11.2. The lowest BCUT2D eigenvalue weighted by Crippen LogP contribution is -2.11. The standard InChI is InChI=1S/C19H20O4/c1-13-17(3-2-4-18(13)19(20)21)15-5-7-16(8-6-15)23-12-14-9-10-22-11-14/h2-8,14H,9-12H2,1H3,(H,20,21). The molecule has 2 aromatic carbocycles. The zero-order chi connectivity index (χ0) is 16.2. The van der Waals surface area contributed by atoms with Gasteiger partial charge in [0.25, 0.3) is 0 Å². The van der Waals surface area contributed by atoms with Crippen molar-refractivity contribution in [2.75, 3.05) is 19.8 Å². The molecule has 1 atom stereocenters. The van der Waals surface area contributed by atoms with Crippen molar-refractivity contribution < 1.29 is 19.4 Å². The average molecular weight is 312 g/mol. The van der Waals surface area contributed by atoms with Gasteiger partial charge >= 0.3 is 5.97 Å². The number of aromatic carboxylic acids is 1. The monoisotopic (exact) mass is 312 g/mol. The van der Waals surface area contributed by atoms with Gasteiger partial charge in [0, 0.05) is 12.5 Å². The summed E-state index contributed by atoms with van der Waals surface area (Å²) in [5.74, 6) is 0.403. The minimum atomic E-state index is -0.900. The molecule has 3 rings (SSSR count). The van der Waals surface area contributed by atoms with E-state index in [1.807, 2.05) is 37.3 Å². The first-order valence-electron chi connectivity index (χ1n) is 7.79. The third-order valence-corrected chi connectivity index (χ3v) is 4.24. The Morgan fingerprint density at radius 1 is 1.26 bits per heavy atom. The minimum Gasteiger partial charge on any atom is -0.493 e. The fraction of sp³-hybridized carbons (Fsp3) is 0.316. The summed E-state index contributed by atoms with van der Waals surface area (Å²) in [6, 6.07) is 13.1. The topological polar surface area (TPSA) is 55.8 Å². The number of hydrogen-bond donors (Lipinski definition) is 1. The van der Waals surface area contributed by atoms with Crippen LogP contribution in [0.2, 0.25) is 0 Å². The van der Waals surface area contributed by atoms with Crippen LogP contribution >= 0.6 is 0 Å². The molecule has 0 aliphatic carbocycles. The molecular formula is C19H20O4. The van der Waals surface area contributed by atoms with Gasteiger partial charge in [-0.05, 0) is 48.2 Å². The molecule has 120 valence electrons. The normalized spacial score (nSPS) is 17.2. The molecule has 1 saturated heterocycles. The maximum atomic E-state index is 11.2. The predicted octanol–water partition coefficient (Wildman–Crippen LogP) is 3.78. The average Bonchev–Trinajstić information content (AvgIpc) is 3.07. The highest BCUT2D eigenvalue weighted by molar-refractivity contribution is 5.92. The lowest BCUT2D eigenvalue weighted by Gasteiger charge is -2.12. The summed E-state index contributed by atoms with van der Waals surface area (Å²) >= 11 is 0. The van der Waals surface area contributed by atoms with Crippen molar-refractivity contribution in [3.63, 3.8) is 0 Å². The lowest BCUT2D eigenvalue weighted by molar-refractivity contribution is 0.0696. The number of hydrogen-bond acceptors (Lipinski definition) is 3. The maximum Gasteiger partial charge on any atom is 0.335 e. The fourth-order valence-electron chi connectivity index (χ4n) is 2.84. The van der Waals surface area contributed by atoms with Gasteiger partial charge in [-0.15, -0.1) is 0 Å². The third-order valence-electron chi connectivity index (χ3n) is 4.24. The molecule has 0 saturated carbocycles. The molecule has 2 aromatic rings. The van der Waals surface area contributed by atoms with Gasteiger partial charge in [-0.1, -0.05) is 24.3 Å². The first-order chi connectivity index (χ1) is 11.1. The van der Waals surface area contributed by atoms with Gasteiger partial charge in [0.2, 0.25) is 0 Å². The molecule has 1 heterocycles. The van der Waals surface area contributed by atoms with Crippen LogP contribution in [-0.2, 0) is 4.74 Å². The second-order valence-electron chi connectivity index (χ2n) is 5.85. The number of carboxylic acid groups (broad SMARTS) is 1. The van der Waals surface area contributed by atoms with Crippen LogP contribution < -0.4 is 4.74 Å². The molecular weight excluding hydrogens is 292 g/mol. The quantitative estimate of drug-likeness (QED) is 0.913. The second kappa shape index (κ2) is 6.84. The summed E-state index contributed by atoms with van der Waals surface area (Å²) < 4.78 is 11.1. The van der Waals surface area contributed by atoms with Gasteiger partial charge in [-0.3, -0.25) is 0 Å². The van der Waals surface area contributed by atoms with Crippen molar-refractivity contribution >= 4 is 5.97 Å². The number of carboxylic acids is 1. The molecule has 0 spiro atoms. The van der Waals surface area contributed by atoms with E-state index in [2.05, 4.69) is 0 Å². The van der Waals surface area contributed by atoms with Gasteiger partial charge in [0.1, 0.15) is 5.75 Å². The van der Waals surface area contributed by atoms with E-state index in [-0.39, 0.29) is 0 Å². The summed E-state index contributed by atoms with van der Waals surface area (Å²) in [5.41, 5.74) is 3.03. The smallest absolute Gasteiger partial charge is 0.335 e. The highest BCUT2D eigenvalue weighted by Gasteiger charge is 2.16. The van der Waals surface area contributed by atoms with E-state index < -0.39 is 5.97 Å². The predicted molar refractivity (Wildman–Crippen MR) is 88.0 cm³/mol. The zero-order valence-electron chi connectivity index (χ0n) is 13.1. The molecule has 0 aromatic heterocycles. The molecule has 0 amide bonds. The van der Waals surface area contributed by atoms with E-state index in [0.717, 1.165) is 42.1 Å². The molecule has 4 heteroatoms. The van der Waals surface area contributed by atoms with Gasteiger partial charge in [-0.25, -0.2) is 4.79 Å². The molecule has 0 bridgehead atoms. The van der Waals surface area contributed by atoms with Crippen LogP contribution in [0, 0.1) is 12.8 Å². The van der Waals surface area contributed by atoms with Crippen molar-refractivity contribution in [2.24, 2.45) is 5.92 Å². The van der Waals surface area contributed by atoms with Crippen molar-refractivity contribution in [2.45, 2.75) is 13.3 Å². The number of benzene rings is 2. The zero-order valence-corrected chi connectivity index (χ0v) is 13.1. The van der Waals surface area contributed by atoms with Crippen LogP contribution in [0.15, 0.2) is 42.5 Å². The van der Waals surface area contributed by atoms with Crippen LogP contribution in [0.4, 0.5) is 0 Å². The largest absolute Gasteiger partial charge is 0.493 e. The van der Waals surface area contributed by atoms with E-state index in [4.69, 9.17) is 9.47 Å². The highest BCUT2D eigenvalue weighted by Crippen LogP contribution is 2.28. The molecule has 1 aliphatic rings. The summed E-state index contributed by atoms with van der Waals surface area (Å²) in [6.45, 7) is 4.11. The van der Waals surface area contributed by atoms with Gasteiger partial charge in [0.05, 0.1) is 18.8 Å². The number of rotatable bonds is 5. The molecule has 0 radical (unpaired) electrons. The van der Waals surface area contributed by atoms with E-state index in [9.17, 15) is 9.90 Å². The van der Waals surface area contributed by atoms with Crippen LogP contribution in [0.5, 0.6) is 5.75 Å². The van der Waals surface area contributed by atoms with Crippen LogP contribution in [0.25, 0.3) is 11.1 Å². The summed E-state index contributed by atoms with van der Waals surface area (Å²) in [7, 11) is 0. The van der Waals surface area contributed by atoms with E-state index in [1.54, 1.807) is 12.1 Å². The van der Waals surface area contributed by atoms with Crippen molar-refractivity contribution in [3.8, 4) is 16.9 Å². The number of carbonyl (C=O) groups is 1. The molecule has 23 heavy (non-hydrogen) atoms. The lowest BCUT2D eigenvalue weighted by atomic mass is 9.96. The van der Waals surface area contributed by atoms with Gasteiger partial charge in [-0.2, -0.15) is 0 Å². The van der Waals surface area contributed by atoms with Crippen LogP contribution in [-0.4, -0.2) is 30.9 Å². The fourth-order valence-corrected chi connectivity index (χ4v) is 2.84. The summed E-state index contributed by atoms with van der Waals surface area (Å²) in [5, 5.41) is 9.22. The Bertz CT molecular complexity index is 685. The van der Waals surface area contributed by atoms with Gasteiger partial charge in [0.15, 0.2) is 0 Å². The van der Waals surface area contributed by atoms with Crippen molar-refractivity contribution in [3.05, 3.63) is 53.6 Å². The molecule has 4 nitrogen and oxygen atoms in total. The Morgan fingerprint density at radius 3 is 2.70 bits per heavy atom. The Balaban J connectivity index is 1.74. The SMILES string of the molecule is Cc1c(C(=O)O)cccc1-c1ccc(OCC2CCOC2)cc1. The van der Waals surface area contributed by atoms with E-state index in [1.165, 1.54) is 0 Å².